The maximum Gasteiger partial charge on any atom is 0.237 e. The molecule has 1 aliphatic rings. The Morgan fingerprint density at radius 2 is 2.04 bits per heavy atom. The lowest BCUT2D eigenvalue weighted by molar-refractivity contribution is -0.115. The number of rotatable bonds is 6. The number of anilines is 1. The quantitative estimate of drug-likeness (QED) is 0.493. The van der Waals surface area contributed by atoms with E-state index in [1.54, 1.807) is 18.3 Å². The summed E-state index contributed by atoms with van der Waals surface area (Å²) in [7, 11) is 0. The van der Waals surface area contributed by atoms with Crippen LogP contribution >= 0.6 is 23.4 Å². The number of carbonyl (C=O) groups is 1. The van der Waals surface area contributed by atoms with E-state index in [-0.39, 0.29) is 16.3 Å². The van der Waals surface area contributed by atoms with Crippen LogP contribution in [0.25, 0.3) is 5.69 Å². The van der Waals surface area contributed by atoms with Gasteiger partial charge in [0.1, 0.15) is 5.82 Å². The molecule has 1 saturated carbocycles. The van der Waals surface area contributed by atoms with Gasteiger partial charge in [-0.25, -0.2) is 14.6 Å². The maximum absolute atomic E-state index is 12.5. The van der Waals surface area contributed by atoms with E-state index in [1.807, 2.05) is 41.9 Å². The number of benzene rings is 1. The Balaban J connectivity index is 1.50. The van der Waals surface area contributed by atoms with Gasteiger partial charge in [-0.2, -0.15) is 0 Å². The zero-order valence-corrected chi connectivity index (χ0v) is 16.2. The van der Waals surface area contributed by atoms with Crippen LogP contribution in [-0.2, 0) is 4.79 Å². The molecule has 0 saturated heterocycles. The molecular weight excluding hydrogens is 382 g/mol. The fourth-order valence-electron chi connectivity index (χ4n) is 2.64. The molecule has 2 heterocycles. The molecule has 0 radical (unpaired) electrons. The molecule has 0 bridgehead atoms. The predicted molar refractivity (Wildman–Crippen MR) is 107 cm³/mol. The molecule has 1 amide bonds. The van der Waals surface area contributed by atoms with Crippen molar-refractivity contribution in [2.45, 2.75) is 36.1 Å². The largest absolute Gasteiger partial charge is 0.322 e. The first-order valence-electron chi connectivity index (χ1n) is 8.72. The standard InChI is InChI=1S/C19H18ClN5OS/c1-12(18(26)22-15-8-5-11-21-16(15)20)27-19-23-17(13-9-10-13)25(24-19)14-6-3-2-4-7-14/h2-8,11-13H,9-10H2,1H3,(H,22,26)/t12-/m1/s1. The van der Waals surface area contributed by atoms with Crippen LogP contribution in [0.2, 0.25) is 5.15 Å². The van der Waals surface area contributed by atoms with Gasteiger partial charge in [-0.3, -0.25) is 4.79 Å². The van der Waals surface area contributed by atoms with Crippen molar-refractivity contribution in [3.05, 3.63) is 59.6 Å². The number of hydrogen-bond acceptors (Lipinski definition) is 5. The molecule has 1 aliphatic carbocycles. The monoisotopic (exact) mass is 399 g/mol. The number of amides is 1. The van der Waals surface area contributed by atoms with Crippen molar-refractivity contribution < 1.29 is 4.79 Å². The minimum Gasteiger partial charge on any atom is -0.322 e. The number of aromatic nitrogens is 4. The van der Waals surface area contributed by atoms with Crippen LogP contribution in [0.1, 0.15) is 31.5 Å². The molecule has 6 nitrogen and oxygen atoms in total. The molecule has 0 unspecified atom stereocenters. The van der Waals surface area contributed by atoms with Gasteiger partial charge in [0.2, 0.25) is 11.1 Å². The summed E-state index contributed by atoms with van der Waals surface area (Å²) in [5.74, 6) is 1.25. The Kier molecular flexibility index (Phi) is 5.13. The van der Waals surface area contributed by atoms with Crippen molar-refractivity contribution in [1.29, 1.82) is 0 Å². The van der Waals surface area contributed by atoms with Gasteiger partial charge in [-0.1, -0.05) is 41.6 Å². The van der Waals surface area contributed by atoms with Crippen LogP contribution < -0.4 is 5.32 Å². The number of hydrogen-bond donors (Lipinski definition) is 1. The highest BCUT2D eigenvalue weighted by Gasteiger charge is 2.31. The number of nitrogens with zero attached hydrogens (tertiary/aromatic N) is 4. The van der Waals surface area contributed by atoms with E-state index in [4.69, 9.17) is 16.6 Å². The number of thioether (sulfide) groups is 1. The molecular formula is C19H18ClN5OS. The lowest BCUT2D eigenvalue weighted by atomic mass is 10.3. The van der Waals surface area contributed by atoms with Gasteiger partial charge in [-0.05, 0) is 44.0 Å². The summed E-state index contributed by atoms with van der Waals surface area (Å²) >= 11 is 7.34. The first kappa shape index (κ1) is 18.0. The predicted octanol–water partition coefficient (Wildman–Crippen LogP) is 4.31. The molecule has 138 valence electrons. The van der Waals surface area contributed by atoms with Crippen molar-refractivity contribution in [1.82, 2.24) is 19.7 Å². The van der Waals surface area contributed by atoms with E-state index in [2.05, 4.69) is 15.4 Å². The molecule has 1 fully saturated rings. The molecule has 2 aromatic heterocycles. The first-order chi connectivity index (χ1) is 13.1. The van der Waals surface area contributed by atoms with Crippen LogP contribution in [0.3, 0.4) is 0 Å². The zero-order chi connectivity index (χ0) is 18.8. The Labute approximate surface area is 166 Å². The fraction of sp³-hybridized carbons (Fsp3) is 0.263. The third-order valence-electron chi connectivity index (χ3n) is 4.22. The molecule has 0 aliphatic heterocycles. The SMILES string of the molecule is C[C@@H](Sc1nc(C2CC2)n(-c2ccccc2)n1)C(=O)Nc1cccnc1Cl. The topological polar surface area (TPSA) is 72.7 Å². The first-order valence-corrected chi connectivity index (χ1v) is 9.98. The Hall–Kier alpha value is -2.38. The molecule has 0 spiro atoms. The number of pyridine rings is 1. The van der Waals surface area contributed by atoms with Crippen molar-refractivity contribution in [2.75, 3.05) is 5.32 Å². The van der Waals surface area contributed by atoms with Gasteiger partial charge in [0.05, 0.1) is 16.6 Å². The number of halogens is 1. The van der Waals surface area contributed by atoms with E-state index < -0.39 is 0 Å². The van der Waals surface area contributed by atoms with E-state index in [1.165, 1.54) is 11.8 Å². The van der Waals surface area contributed by atoms with E-state index in [9.17, 15) is 4.79 Å². The van der Waals surface area contributed by atoms with Crippen LogP contribution in [0, 0.1) is 0 Å². The average Bonchev–Trinajstić information content (AvgIpc) is 3.44. The summed E-state index contributed by atoms with van der Waals surface area (Å²) < 4.78 is 1.89. The van der Waals surface area contributed by atoms with E-state index in [0.29, 0.717) is 16.8 Å². The Bertz CT molecular complexity index is 958. The highest BCUT2D eigenvalue weighted by Crippen LogP contribution is 2.40. The number of para-hydroxylation sites is 1. The van der Waals surface area contributed by atoms with Crippen LogP contribution in [-0.4, -0.2) is 30.9 Å². The molecule has 8 heteroatoms. The second-order valence-electron chi connectivity index (χ2n) is 6.37. The van der Waals surface area contributed by atoms with Crippen molar-refractivity contribution >= 4 is 35.0 Å². The minimum absolute atomic E-state index is 0.168. The average molecular weight is 400 g/mol. The molecule has 4 rings (SSSR count). The lowest BCUT2D eigenvalue weighted by Gasteiger charge is -2.10. The van der Waals surface area contributed by atoms with Gasteiger partial charge in [0.15, 0.2) is 5.15 Å². The van der Waals surface area contributed by atoms with Gasteiger partial charge in [0.25, 0.3) is 0 Å². The summed E-state index contributed by atoms with van der Waals surface area (Å²) in [6, 6.07) is 13.4. The van der Waals surface area contributed by atoms with E-state index >= 15 is 0 Å². The summed E-state index contributed by atoms with van der Waals surface area (Å²) in [4.78, 5) is 21.2. The highest BCUT2D eigenvalue weighted by atomic mass is 35.5. The van der Waals surface area contributed by atoms with Crippen LogP contribution in [0.4, 0.5) is 5.69 Å². The molecule has 27 heavy (non-hydrogen) atoms. The van der Waals surface area contributed by atoms with Gasteiger partial charge >= 0.3 is 0 Å². The summed E-state index contributed by atoms with van der Waals surface area (Å²) in [5.41, 5.74) is 1.48. The highest BCUT2D eigenvalue weighted by molar-refractivity contribution is 8.00. The third kappa shape index (κ3) is 4.14. The Morgan fingerprint density at radius 3 is 2.74 bits per heavy atom. The minimum atomic E-state index is -0.375. The normalized spacial score (nSPS) is 14.7. The van der Waals surface area contributed by atoms with Crippen molar-refractivity contribution in [2.24, 2.45) is 0 Å². The maximum atomic E-state index is 12.5. The molecule has 1 aromatic carbocycles. The second-order valence-corrected chi connectivity index (χ2v) is 8.03. The number of nitrogens with one attached hydrogen (secondary N) is 1. The zero-order valence-electron chi connectivity index (χ0n) is 14.7. The van der Waals surface area contributed by atoms with Gasteiger partial charge < -0.3 is 5.32 Å². The Morgan fingerprint density at radius 1 is 1.26 bits per heavy atom. The third-order valence-corrected chi connectivity index (χ3v) is 5.48. The van der Waals surface area contributed by atoms with Crippen LogP contribution in [0.15, 0.2) is 53.8 Å². The van der Waals surface area contributed by atoms with Gasteiger partial charge in [0, 0.05) is 12.1 Å². The van der Waals surface area contributed by atoms with E-state index in [0.717, 1.165) is 24.4 Å². The molecule has 1 N–H and O–H groups in total. The fourth-order valence-corrected chi connectivity index (χ4v) is 3.57. The van der Waals surface area contributed by atoms with Crippen LogP contribution in [0.5, 0.6) is 0 Å². The number of carbonyl (C=O) groups excluding carboxylic acids is 1. The summed E-state index contributed by atoms with van der Waals surface area (Å²) in [6.07, 6.45) is 3.84. The molecule has 3 aromatic rings. The van der Waals surface area contributed by atoms with Crippen molar-refractivity contribution in [3.63, 3.8) is 0 Å². The van der Waals surface area contributed by atoms with Gasteiger partial charge in [-0.15, -0.1) is 5.10 Å². The smallest absolute Gasteiger partial charge is 0.237 e. The van der Waals surface area contributed by atoms with Crippen molar-refractivity contribution in [3.8, 4) is 5.69 Å². The lowest BCUT2D eigenvalue weighted by Crippen LogP contribution is -2.22. The second kappa shape index (κ2) is 7.70. The molecule has 1 atom stereocenters. The summed E-state index contributed by atoms with van der Waals surface area (Å²) in [5, 5.41) is 7.93. The summed E-state index contributed by atoms with van der Waals surface area (Å²) in [6.45, 7) is 1.82.